The predicted octanol–water partition coefficient (Wildman–Crippen LogP) is 2.42. The van der Waals surface area contributed by atoms with E-state index in [1.165, 1.54) is 18.3 Å². The number of ether oxygens (including phenoxy) is 1. The second-order valence-corrected chi connectivity index (χ2v) is 4.24. The number of amides is 1. The lowest BCUT2D eigenvalue weighted by molar-refractivity contribution is 0.102. The summed E-state index contributed by atoms with van der Waals surface area (Å²) in [5.41, 5.74) is 0.750. The average Bonchev–Trinajstić information content (AvgIpc) is 2.47. The molecule has 2 aromatic rings. The van der Waals surface area contributed by atoms with Crippen LogP contribution < -0.4 is 15.6 Å². The maximum absolute atomic E-state index is 12.1. The molecule has 20 heavy (non-hydrogen) atoms. The van der Waals surface area contributed by atoms with Gasteiger partial charge in [0.1, 0.15) is 5.75 Å². The van der Waals surface area contributed by atoms with E-state index < -0.39 is 0 Å². The van der Waals surface area contributed by atoms with Crippen molar-refractivity contribution in [1.82, 2.24) is 4.98 Å². The Hall–Kier alpha value is -2.56. The number of benzene rings is 1. The molecule has 5 nitrogen and oxygen atoms in total. The number of H-pyrrole nitrogens is 1. The van der Waals surface area contributed by atoms with Gasteiger partial charge in [-0.1, -0.05) is 19.1 Å². The fourth-order valence-electron chi connectivity index (χ4n) is 1.65. The van der Waals surface area contributed by atoms with Gasteiger partial charge in [-0.2, -0.15) is 0 Å². The van der Waals surface area contributed by atoms with E-state index in [0.29, 0.717) is 23.6 Å². The number of nitrogens with one attached hydrogen (secondary N) is 2. The number of hydrogen-bond acceptors (Lipinski definition) is 3. The van der Waals surface area contributed by atoms with Gasteiger partial charge in [-0.15, -0.1) is 0 Å². The number of carbonyl (C=O) groups is 1. The van der Waals surface area contributed by atoms with E-state index in [2.05, 4.69) is 10.3 Å². The van der Waals surface area contributed by atoms with Crippen molar-refractivity contribution >= 4 is 11.6 Å². The van der Waals surface area contributed by atoms with Crippen LogP contribution in [0.4, 0.5) is 5.69 Å². The summed E-state index contributed by atoms with van der Waals surface area (Å²) in [6.07, 6.45) is 2.27. The zero-order valence-electron chi connectivity index (χ0n) is 11.2. The number of pyridine rings is 1. The van der Waals surface area contributed by atoms with E-state index in [9.17, 15) is 9.59 Å². The molecule has 1 aromatic carbocycles. The lowest BCUT2D eigenvalue weighted by Gasteiger charge is -2.11. The molecular weight excluding hydrogens is 256 g/mol. The monoisotopic (exact) mass is 272 g/mol. The molecule has 0 unspecified atom stereocenters. The van der Waals surface area contributed by atoms with Crippen LogP contribution in [0.15, 0.2) is 47.4 Å². The first-order valence-corrected chi connectivity index (χ1v) is 6.42. The fourth-order valence-corrected chi connectivity index (χ4v) is 1.65. The second-order valence-electron chi connectivity index (χ2n) is 4.24. The number of anilines is 1. The predicted molar refractivity (Wildman–Crippen MR) is 77.2 cm³/mol. The Balaban J connectivity index is 2.15. The summed E-state index contributed by atoms with van der Waals surface area (Å²) in [5.74, 6) is 0.334. The largest absolute Gasteiger partial charge is 0.491 e. The van der Waals surface area contributed by atoms with E-state index in [1.807, 2.05) is 19.1 Å². The van der Waals surface area contributed by atoms with Gasteiger partial charge in [-0.3, -0.25) is 9.59 Å². The highest BCUT2D eigenvalue weighted by atomic mass is 16.5. The molecule has 0 fully saturated rings. The first-order valence-electron chi connectivity index (χ1n) is 6.42. The quantitative estimate of drug-likeness (QED) is 0.878. The SMILES string of the molecule is CCCOc1ccccc1NC(=O)c1ccc(=O)[nH]c1. The molecule has 0 aliphatic rings. The van der Waals surface area contributed by atoms with Crippen LogP contribution in [0.3, 0.4) is 0 Å². The van der Waals surface area contributed by atoms with Gasteiger partial charge < -0.3 is 15.0 Å². The number of hydrogen-bond donors (Lipinski definition) is 2. The molecule has 2 N–H and O–H groups in total. The number of rotatable bonds is 5. The Bertz CT molecular complexity index is 629. The van der Waals surface area contributed by atoms with Crippen LogP contribution in [0.25, 0.3) is 0 Å². The highest BCUT2D eigenvalue weighted by Crippen LogP contribution is 2.24. The minimum Gasteiger partial charge on any atom is -0.491 e. The van der Waals surface area contributed by atoms with E-state index in [4.69, 9.17) is 4.74 Å². The molecule has 0 aliphatic heterocycles. The molecule has 0 saturated carbocycles. The van der Waals surface area contributed by atoms with Crippen LogP contribution in [-0.4, -0.2) is 17.5 Å². The van der Waals surface area contributed by atoms with E-state index in [0.717, 1.165) is 6.42 Å². The summed E-state index contributed by atoms with van der Waals surface area (Å²) in [6.45, 7) is 2.60. The molecule has 0 saturated heterocycles. The molecular formula is C15H16N2O3. The van der Waals surface area contributed by atoms with Gasteiger partial charge in [-0.05, 0) is 24.6 Å². The van der Waals surface area contributed by atoms with Crippen LogP contribution in [-0.2, 0) is 0 Å². The molecule has 104 valence electrons. The van der Waals surface area contributed by atoms with Gasteiger partial charge in [0.15, 0.2) is 0 Å². The van der Waals surface area contributed by atoms with Crippen LogP contribution in [0.2, 0.25) is 0 Å². The maximum Gasteiger partial charge on any atom is 0.257 e. The maximum atomic E-state index is 12.1. The van der Waals surface area contributed by atoms with Gasteiger partial charge in [0.2, 0.25) is 5.56 Å². The molecule has 2 rings (SSSR count). The number of aromatic nitrogens is 1. The second kappa shape index (κ2) is 6.56. The van der Waals surface area contributed by atoms with Crippen molar-refractivity contribution < 1.29 is 9.53 Å². The number of aromatic amines is 1. The van der Waals surface area contributed by atoms with Crippen molar-refractivity contribution in [3.63, 3.8) is 0 Å². The Morgan fingerprint density at radius 1 is 1.25 bits per heavy atom. The van der Waals surface area contributed by atoms with Crippen molar-refractivity contribution in [2.24, 2.45) is 0 Å². The Labute approximate surface area is 116 Å². The van der Waals surface area contributed by atoms with Crippen molar-refractivity contribution in [2.45, 2.75) is 13.3 Å². The van der Waals surface area contributed by atoms with E-state index in [1.54, 1.807) is 12.1 Å². The Morgan fingerprint density at radius 2 is 2.05 bits per heavy atom. The molecule has 1 heterocycles. The van der Waals surface area contributed by atoms with Crippen molar-refractivity contribution in [3.8, 4) is 5.75 Å². The third kappa shape index (κ3) is 3.47. The van der Waals surface area contributed by atoms with Crippen LogP contribution in [0.1, 0.15) is 23.7 Å². The van der Waals surface area contributed by atoms with Gasteiger partial charge in [0, 0.05) is 12.3 Å². The highest BCUT2D eigenvalue weighted by Gasteiger charge is 2.09. The zero-order chi connectivity index (χ0) is 14.4. The summed E-state index contributed by atoms with van der Waals surface area (Å²) in [5, 5.41) is 2.77. The summed E-state index contributed by atoms with van der Waals surface area (Å²) < 4.78 is 5.57. The first kappa shape index (κ1) is 13.9. The Kier molecular flexibility index (Phi) is 4.55. The van der Waals surface area contributed by atoms with Gasteiger partial charge in [-0.25, -0.2) is 0 Å². The standard InChI is InChI=1S/C15H16N2O3/c1-2-9-20-13-6-4-3-5-12(13)17-15(19)11-7-8-14(18)16-10-11/h3-8,10H,2,9H2,1H3,(H,16,18)(H,17,19). The topological polar surface area (TPSA) is 71.2 Å². The molecule has 5 heteroatoms. The molecule has 1 amide bonds. The van der Waals surface area contributed by atoms with Gasteiger partial charge >= 0.3 is 0 Å². The fraction of sp³-hybridized carbons (Fsp3) is 0.200. The normalized spacial score (nSPS) is 10.1. The van der Waals surface area contributed by atoms with Crippen LogP contribution in [0, 0.1) is 0 Å². The van der Waals surface area contributed by atoms with Crippen LogP contribution >= 0.6 is 0 Å². The van der Waals surface area contributed by atoms with E-state index in [-0.39, 0.29) is 11.5 Å². The van der Waals surface area contributed by atoms with Gasteiger partial charge in [0.25, 0.3) is 5.91 Å². The highest BCUT2D eigenvalue weighted by molar-refractivity contribution is 6.04. The lowest BCUT2D eigenvalue weighted by atomic mass is 10.2. The molecule has 1 aromatic heterocycles. The smallest absolute Gasteiger partial charge is 0.257 e. The molecule has 0 atom stereocenters. The van der Waals surface area contributed by atoms with Crippen molar-refractivity contribution in [2.75, 3.05) is 11.9 Å². The number of carbonyl (C=O) groups excluding carboxylic acids is 1. The molecule has 0 spiro atoms. The first-order chi connectivity index (χ1) is 9.70. The molecule has 0 aliphatic carbocycles. The van der Waals surface area contributed by atoms with E-state index >= 15 is 0 Å². The Morgan fingerprint density at radius 3 is 2.75 bits per heavy atom. The summed E-state index contributed by atoms with van der Waals surface area (Å²) in [6, 6.07) is 10.0. The van der Waals surface area contributed by atoms with Crippen molar-refractivity contribution in [3.05, 3.63) is 58.5 Å². The van der Waals surface area contributed by atoms with Gasteiger partial charge in [0.05, 0.1) is 17.9 Å². The van der Waals surface area contributed by atoms with Crippen molar-refractivity contribution in [1.29, 1.82) is 0 Å². The number of para-hydroxylation sites is 2. The van der Waals surface area contributed by atoms with Crippen LogP contribution in [0.5, 0.6) is 5.75 Å². The molecule has 0 radical (unpaired) electrons. The third-order valence-corrected chi connectivity index (χ3v) is 2.64. The minimum atomic E-state index is -0.297. The lowest BCUT2D eigenvalue weighted by Crippen LogP contribution is -2.15. The third-order valence-electron chi connectivity index (χ3n) is 2.64. The summed E-state index contributed by atoms with van der Waals surface area (Å²) in [7, 11) is 0. The summed E-state index contributed by atoms with van der Waals surface area (Å²) in [4.78, 5) is 25.5. The molecule has 0 bridgehead atoms. The average molecular weight is 272 g/mol. The zero-order valence-corrected chi connectivity index (χ0v) is 11.2. The summed E-state index contributed by atoms with van der Waals surface area (Å²) >= 11 is 0. The minimum absolute atomic E-state index is 0.242.